The van der Waals surface area contributed by atoms with Gasteiger partial charge in [0.2, 0.25) is 11.5 Å². The van der Waals surface area contributed by atoms with Crippen molar-refractivity contribution in [3.05, 3.63) is 58.5 Å². The van der Waals surface area contributed by atoms with Crippen LogP contribution >= 0.6 is 0 Å². The Kier molecular flexibility index (Phi) is 5.02. The van der Waals surface area contributed by atoms with E-state index in [2.05, 4.69) is 16.9 Å². The van der Waals surface area contributed by atoms with Crippen molar-refractivity contribution in [2.45, 2.75) is 32.4 Å². The van der Waals surface area contributed by atoms with E-state index in [1.165, 1.54) is 10.5 Å². The monoisotopic (exact) mass is 394 g/mol. The summed E-state index contributed by atoms with van der Waals surface area (Å²) in [4.78, 5) is 30.7. The summed E-state index contributed by atoms with van der Waals surface area (Å²) in [5.41, 5.74) is 8.17. The number of rotatable bonds is 5. The molecule has 29 heavy (non-hydrogen) atoms. The van der Waals surface area contributed by atoms with E-state index in [4.69, 9.17) is 10.5 Å². The van der Waals surface area contributed by atoms with Gasteiger partial charge in [0.25, 0.3) is 17.1 Å². The van der Waals surface area contributed by atoms with Crippen molar-refractivity contribution < 1.29 is 14.1 Å². The molecule has 8 nitrogen and oxygen atoms in total. The van der Waals surface area contributed by atoms with E-state index in [0.29, 0.717) is 36.4 Å². The molecule has 4 heterocycles. The molecular weight excluding hydrogens is 370 g/mol. The molecule has 0 spiro atoms. The van der Waals surface area contributed by atoms with E-state index in [-0.39, 0.29) is 29.0 Å². The van der Waals surface area contributed by atoms with Crippen LogP contribution < -0.4 is 21.2 Å². The molecule has 1 atom stereocenters. The van der Waals surface area contributed by atoms with Crippen molar-refractivity contribution in [2.75, 3.05) is 18.9 Å². The molecule has 0 bridgehead atoms. The molecule has 3 N–H and O–H groups in total. The molecule has 1 amide bonds. The number of ether oxygens (including phenoxy) is 1. The van der Waals surface area contributed by atoms with Crippen LogP contribution in [-0.2, 0) is 11.3 Å². The molecule has 0 radical (unpaired) electrons. The molecule has 1 fully saturated rings. The highest BCUT2D eigenvalue weighted by Gasteiger charge is 2.25. The number of allylic oxidation sites excluding steroid dienone is 1. The number of hydrogen-bond donors (Lipinski definition) is 2. The van der Waals surface area contributed by atoms with Gasteiger partial charge in [0.05, 0.1) is 12.6 Å². The fourth-order valence-corrected chi connectivity index (χ4v) is 3.71. The molecule has 1 aliphatic rings. The maximum Gasteiger partial charge on any atom is 0.278 e. The van der Waals surface area contributed by atoms with Crippen LogP contribution in [0.5, 0.6) is 0 Å². The maximum atomic E-state index is 13.1. The van der Waals surface area contributed by atoms with Crippen LogP contribution in [0.4, 0.5) is 5.82 Å². The number of hydrogen-bond acceptors (Lipinski definition) is 5. The van der Waals surface area contributed by atoms with Gasteiger partial charge in [-0.25, -0.2) is 4.57 Å². The third-order valence-corrected chi connectivity index (χ3v) is 5.25. The lowest BCUT2D eigenvalue weighted by Gasteiger charge is -2.13. The molecule has 3 aromatic rings. The normalized spacial score (nSPS) is 16.4. The number of carbonyl (C=O) groups excluding carboxylic acids is 1. The number of nitrogens with one attached hydrogen (secondary N) is 1. The number of fused-ring (bicyclic) bond motifs is 2. The average Bonchev–Trinajstić information content (AvgIpc) is 3.23. The van der Waals surface area contributed by atoms with Gasteiger partial charge in [-0.2, -0.15) is 0 Å². The summed E-state index contributed by atoms with van der Waals surface area (Å²) in [6, 6.07) is 5.21. The Morgan fingerprint density at radius 2 is 2.38 bits per heavy atom. The van der Waals surface area contributed by atoms with Crippen molar-refractivity contribution in [1.82, 2.24) is 14.7 Å². The van der Waals surface area contributed by atoms with Crippen LogP contribution in [0.1, 0.15) is 28.8 Å². The second-order valence-corrected chi connectivity index (χ2v) is 7.23. The van der Waals surface area contributed by atoms with Crippen molar-refractivity contribution in [3.8, 4) is 0 Å². The Morgan fingerprint density at radius 3 is 3.10 bits per heavy atom. The van der Waals surface area contributed by atoms with Gasteiger partial charge in [-0.1, -0.05) is 23.7 Å². The minimum Gasteiger partial charge on any atom is -0.376 e. The summed E-state index contributed by atoms with van der Waals surface area (Å²) in [6.07, 6.45) is 5.25. The lowest BCUT2D eigenvalue weighted by Crippen LogP contribution is -2.43. The molecule has 0 aliphatic carbocycles. The van der Waals surface area contributed by atoms with Gasteiger partial charge >= 0.3 is 0 Å². The number of anilines is 1. The molecule has 8 heteroatoms. The van der Waals surface area contributed by atoms with Crippen LogP contribution in [-0.4, -0.2) is 34.5 Å². The number of carbonyl (C=O) groups is 1. The van der Waals surface area contributed by atoms with Gasteiger partial charge in [-0.3, -0.25) is 14.0 Å². The number of aryl methyl sites for hydroxylation is 1. The predicted octanol–water partition coefficient (Wildman–Crippen LogP) is 1.12. The first-order chi connectivity index (χ1) is 14.0. The maximum absolute atomic E-state index is 13.1. The van der Waals surface area contributed by atoms with Gasteiger partial charge in [0.15, 0.2) is 0 Å². The van der Waals surface area contributed by atoms with Crippen molar-refractivity contribution >= 4 is 28.4 Å². The Balaban J connectivity index is 1.87. The number of nitrogens with two attached hydrogens (primary N) is 1. The molecule has 0 aromatic carbocycles. The third kappa shape index (κ3) is 3.36. The number of amides is 1. The van der Waals surface area contributed by atoms with Crippen LogP contribution in [0.25, 0.3) is 16.7 Å². The summed E-state index contributed by atoms with van der Waals surface area (Å²) in [6.45, 7) is 7.10. The molecule has 4 rings (SSSR count). The topological polar surface area (TPSA) is 103 Å². The number of aromatic nitrogens is 3. The molecule has 1 aliphatic heterocycles. The van der Waals surface area contributed by atoms with E-state index in [1.54, 1.807) is 22.9 Å². The van der Waals surface area contributed by atoms with Crippen molar-refractivity contribution in [3.63, 3.8) is 0 Å². The fraction of sp³-hybridized carbons (Fsp3) is 0.333. The minimum atomic E-state index is -0.341. The Morgan fingerprint density at radius 1 is 1.55 bits per heavy atom. The van der Waals surface area contributed by atoms with Gasteiger partial charge in [-0.15, -0.1) is 0 Å². The number of nitrogen functional groups attached to an aromatic ring is 1. The summed E-state index contributed by atoms with van der Waals surface area (Å²) >= 11 is 0. The van der Waals surface area contributed by atoms with E-state index in [9.17, 15) is 9.59 Å². The summed E-state index contributed by atoms with van der Waals surface area (Å²) in [7, 11) is 0. The average molecular weight is 394 g/mol. The van der Waals surface area contributed by atoms with Crippen LogP contribution in [0.3, 0.4) is 0 Å². The molecule has 0 saturated carbocycles. The largest absolute Gasteiger partial charge is 0.376 e. The fourth-order valence-electron chi connectivity index (χ4n) is 3.71. The second kappa shape index (κ2) is 7.63. The smallest absolute Gasteiger partial charge is 0.278 e. The van der Waals surface area contributed by atoms with Crippen molar-refractivity contribution in [2.24, 2.45) is 0 Å². The zero-order valence-electron chi connectivity index (χ0n) is 16.4. The lowest BCUT2D eigenvalue weighted by molar-refractivity contribution is -0.648. The zero-order valence-corrected chi connectivity index (χ0v) is 16.4. The standard InChI is InChI=1S/C21H23N5O3/c1-3-8-25-17(22)15(20(27)23-12-14-7-5-10-29-14)11-16-19(25)24-18-13(2)6-4-9-26(18)21(16)28/h3-4,6,9,11,14,22H,1,5,7-8,10,12H2,2H3,(H,23,27)/p+1/t14-/m1/s1. The minimum absolute atomic E-state index is 0.0140. The first-order valence-corrected chi connectivity index (χ1v) is 9.66. The van der Waals surface area contributed by atoms with Gasteiger partial charge < -0.3 is 15.8 Å². The van der Waals surface area contributed by atoms with Gasteiger partial charge in [0.1, 0.15) is 10.9 Å². The highest BCUT2D eigenvalue weighted by atomic mass is 16.5. The second-order valence-electron chi connectivity index (χ2n) is 7.23. The first kappa shape index (κ1) is 19.1. The number of pyridine rings is 2. The SMILES string of the molecule is C=CC[n+]1c(N)c(C(=O)NC[C@H]2CCCO2)cc2c(=O)n3cccc(C)c3nc21. The summed E-state index contributed by atoms with van der Waals surface area (Å²) in [5, 5.41) is 3.19. The third-order valence-electron chi connectivity index (χ3n) is 5.25. The van der Waals surface area contributed by atoms with E-state index >= 15 is 0 Å². The molecule has 1 saturated heterocycles. The lowest BCUT2D eigenvalue weighted by atomic mass is 10.1. The van der Waals surface area contributed by atoms with Gasteiger partial charge in [-0.05, 0) is 31.9 Å². The Hall–Kier alpha value is -3.26. The number of nitrogens with zero attached hydrogens (tertiary/aromatic N) is 3. The zero-order chi connectivity index (χ0) is 20.5. The highest BCUT2D eigenvalue weighted by Crippen LogP contribution is 2.16. The molecular formula is C21H24N5O3+. The molecule has 0 unspecified atom stereocenters. The quantitative estimate of drug-likeness (QED) is 0.384. The van der Waals surface area contributed by atoms with E-state index in [1.807, 2.05) is 13.0 Å². The van der Waals surface area contributed by atoms with Crippen LogP contribution in [0.2, 0.25) is 0 Å². The first-order valence-electron chi connectivity index (χ1n) is 9.66. The van der Waals surface area contributed by atoms with Gasteiger partial charge in [0, 0.05) is 24.9 Å². The Bertz CT molecular complexity index is 1180. The van der Waals surface area contributed by atoms with E-state index in [0.717, 1.165) is 18.4 Å². The van der Waals surface area contributed by atoms with E-state index < -0.39 is 0 Å². The van der Waals surface area contributed by atoms with Crippen molar-refractivity contribution in [1.29, 1.82) is 0 Å². The van der Waals surface area contributed by atoms with Crippen LogP contribution in [0, 0.1) is 6.92 Å². The van der Waals surface area contributed by atoms with Crippen LogP contribution in [0.15, 0.2) is 41.8 Å². The summed E-state index contributed by atoms with van der Waals surface area (Å²) in [5.74, 6) is -0.0986. The highest BCUT2D eigenvalue weighted by molar-refractivity contribution is 6.00. The predicted molar refractivity (Wildman–Crippen MR) is 110 cm³/mol. The summed E-state index contributed by atoms with van der Waals surface area (Å²) < 4.78 is 8.69. The molecule has 3 aromatic heterocycles. The molecule has 150 valence electrons. The Labute approximate surface area is 167 Å².